The normalized spacial score (nSPS) is 15.7. The van der Waals surface area contributed by atoms with E-state index in [0.29, 0.717) is 9.33 Å². The van der Waals surface area contributed by atoms with Gasteiger partial charge in [-0.25, -0.2) is 0 Å². The van der Waals surface area contributed by atoms with Crippen molar-refractivity contribution in [1.82, 2.24) is 4.57 Å². The minimum atomic E-state index is -0.335. The van der Waals surface area contributed by atoms with Gasteiger partial charge in [0.15, 0.2) is 0 Å². The van der Waals surface area contributed by atoms with Gasteiger partial charge in [-0.2, -0.15) is 0 Å². The lowest BCUT2D eigenvalue weighted by Gasteiger charge is -2.22. The van der Waals surface area contributed by atoms with E-state index < -0.39 is 0 Å². The molecule has 1 atom stereocenters. The first kappa shape index (κ1) is 19.2. The molecule has 31 heavy (non-hydrogen) atoms. The highest BCUT2D eigenvalue weighted by Crippen LogP contribution is 2.24. The Labute approximate surface area is 182 Å². The molecule has 0 bridgehead atoms. The van der Waals surface area contributed by atoms with Crippen molar-refractivity contribution in [2.75, 3.05) is 7.11 Å². The van der Waals surface area contributed by atoms with Crippen LogP contribution in [0.5, 0.6) is 5.75 Å². The first-order valence-electron chi connectivity index (χ1n) is 9.87. The molecule has 1 aliphatic rings. The molecule has 0 amide bonds. The molecule has 2 heterocycles. The monoisotopic (exact) mass is 425 g/mol. The van der Waals surface area contributed by atoms with Gasteiger partial charge in [0.2, 0.25) is 4.80 Å². The summed E-state index contributed by atoms with van der Waals surface area (Å²) in [4.78, 5) is 14.1. The van der Waals surface area contributed by atoms with E-state index in [9.17, 15) is 4.79 Å². The minimum Gasteiger partial charge on any atom is -0.497 e. The number of nitrogens with zero attached hydrogens (tertiary/aromatic N) is 3. The van der Waals surface area contributed by atoms with Crippen LogP contribution in [0.4, 0.5) is 0 Å². The highest BCUT2D eigenvalue weighted by molar-refractivity contribution is 7.07. The van der Waals surface area contributed by atoms with E-state index in [2.05, 4.69) is 10.2 Å². The van der Waals surface area contributed by atoms with Crippen molar-refractivity contribution in [3.05, 3.63) is 121 Å². The molecule has 0 aliphatic carbocycles. The molecule has 0 spiro atoms. The summed E-state index contributed by atoms with van der Waals surface area (Å²) in [6, 6.07) is 27.1. The van der Waals surface area contributed by atoms with Crippen molar-refractivity contribution in [2.45, 2.75) is 6.04 Å². The molecule has 3 aromatic carbocycles. The lowest BCUT2D eigenvalue weighted by Crippen LogP contribution is -2.40. The van der Waals surface area contributed by atoms with Gasteiger partial charge in [-0.15, -0.1) is 10.2 Å². The Morgan fingerprint density at radius 3 is 2.26 bits per heavy atom. The van der Waals surface area contributed by atoms with Crippen LogP contribution in [0, 0.1) is 0 Å². The predicted molar refractivity (Wildman–Crippen MR) is 123 cm³/mol. The Hall–Kier alpha value is -3.77. The first-order chi connectivity index (χ1) is 15.2. The molecule has 0 fully saturated rings. The molecule has 1 aliphatic heterocycles. The number of rotatable bonds is 4. The Morgan fingerprint density at radius 2 is 1.58 bits per heavy atom. The molecule has 152 valence electrons. The van der Waals surface area contributed by atoms with Crippen molar-refractivity contribution in [3.8, 4) is 5.75 Å². The van der Waals surface area contributed by atoms with Gasteiger partial charge in [0.05, 0.1) is 17.4 Å². The van der Waals surface area contributed by atoms with Crippen LogP contribution in [0.2, 0.25) is 0 Å². The van der Waals surface area contributed by atoms with Gasteiger partial charge in [0.1, 0.15) is 11.8 Å². The zero-order valence-corrected chi connectivity index (χ0v) is 17.6. The second-order valence-corrected chi connectivity index (χ2v) is 8.12. The van der Waals surface area contributed by atoms with E-state index in [1.807, 2.05) is 91.0 Å². The van der Waals surface area contributed by atoms with Gasteiger partial charge >= 0.3 is 0 Å². The zero-order valence-electron chi connectivity index (χ0n) is 16.8. The van der Waals surface area contributed by atoms with Crippen LogP contribution in [0.3, 0.4) is 0 Å². The minimum absolute atomic E-state index is 0.0725. The summed E-state index contributed by atoms with van der Waals surface area (Å²) in [5.41, 5.74) is 3.56. The van der Waals surface area contributed by atoms with Crippen LogP contribution < -0.4 is 19.6 Å². The largest absolute Gasteiger partial charge is 0.497 e. The summed E-state index contributed by atoms with van der Waals surface area (Å²) < 4.78 is 7.59. The fourth-order valence-corrected chi connectivity index (χ4v) is 4.62. The number of ether oxygens (including phenoxy) is 1. The highest BCUT2D eigenvalue weighted by Gasteiger charge is 2.28. The number of aromatic nitrogens is 1. The van der Waals surface area contributed by atoms with Gasteiger partial charge in [-0.05, 0) is 29.3 Å². The van der Waals surface area contributed by atoms with Crippen molar-refractivity contribution in [3.63, 3.8) is 0 Å². The van der Waals surface area contributed by atoms with Gasteiger partial charge in [0.25, 0.3) is 5.56 Å². The number of fused-ring (bicyclic) bond motifs is 1. The molecule has 5 rings (SSSR count). The third kappa shape index (κ3) is 3.62. The average molecular weight is 426 g/mol. The fraction of sp³-hybridized carbons (Fsp3) is 0.0800. The fourth-order valence-electron chi connectivity index (χ4n) is 3.68. The summed E-state index contributed by atoms with van der Waals surface area (Å²) in [5.74, 6) is 0.777. The molecular formula is C25H19N3O2S. The number of thiazole rings is 1. The van der Waals surface area contributed by atoms with E-state index in [-0.39, 0.29) is 11.6 Å². The molecule has 0 saturated heterocycles. The van der Waals surface area contributed by atoms with Gasteiger partial charge in [-0.3, -0.25) is 9.36 Å². The summed E-state index contributed by atoms with van der Waals surface area (Å²) >= 11 is 1.35. The Kier molecular flexibility index (Phi) is 5.06. The maximum Gasteiger partial charge on any atom is 0.271 e. The molecule has 0 radical (unpaired) electrons. The lowest BCUT2D eigenvalue weighted by molar-refractivity contribution is 0.415. The maximum atomic E-state index is 13.5. The van der Waals surface area contributed by atoms with Crippen LogP contribution in [0.15, 0.2) is 99.9 Å². The number of hydrogen-bond donors (Lipinski definition) is 0. The number of hydrogen-bond acceptors (Lipinski definition) is 5. The van der Waals surface area contributed by atoms with Gasteiger partial charge in [-0.1, -0.05) is 84.1 Å². The second-order valence-electron chi connectivity index (χ2n) is 7.11. The van der Waals surface area contributed by atoms with Crippen LogP contribution >= 0.6 is 11.3 Å². The van der Waals surface area contributed by atoms with Gasteiger partial charge in [0, 0.05) is 5.56 Å². The van der Waals surface area contributed by atoms with Crippen LogP contribution in [0.1, 0.15) is 22.7 Å². The summed E-state index contributed by atoms with van der Waals surface area (Å²) in [7, 11) is 1.63. The van der Waals surface area contributed by atoms with E-state index in [0.717, 1.165) is 28.2 Å². The number of benzene rings is 3. The topological polar surface area (TPSA) is 56.0 Å². The van der Waals surface area contributed by atoms with Gasteiger partial charge < -0.3 is 4.74 Å². The SMILES string of the molecule is COc1ccc(/C=c2/sc3n(c2=O)C(c2ccccc2)C(c2ccccc2)=NN=3)cc1. The van der Waals surface area contributed by atoms with Crippen LogP contribution in [-0.2, 0) is 0 Å². The summed E-state index contributed by atoms with van der Waals surface area (Å²) in [5, 5.41) is 8.95. The average Bonchev–Trinajstić information content (AvgIpc) is 3.15. The Bertz CT molecular complexity index is 1420. The molecule has 0 saturated carbocycles. The molecule has 5 nitrogen and oxygen atoms in total. The smallest absolute Gasteiger partial charge is 0.271 e. The zero-order chi connectivity index (χ0) is 21.2. The molecular weight excluding hydrogens is 406 g/mol. The lowest BCUT2D eigenvalue weighted by atomic mass is 9.96. The van der Waals surface area contributed by atoms with Crippen LogP contribution in [-0.4, -0.2) is 17.4 Å². The molecule has 4 aromatic rings. The molecule has 1 aromatic heterocycles. The van der Waals surface area contributed by atoms with Crippen molar-refractivity contribution in [2.24, 2.45) is 10.2 Å². The van der Waals surface area contributed by atoms with Crippen molar-refractivity contribution < 1.29 is 4.74 Å². The predicted octanol–water partition coefficient (Wildman–Crippen LogP) is 3.37. The first-order valence-corrected chi connectivity index (χ1v) is 10.7. The van der Waals surface area contributed by atoms with Crippen LogP contribution in [0.25, 0.3) is 6.08 Å². The van der Waals surface area contributed by atoms with Crippen molar-refractivity contribution in [1.29, 1.82) is 0 Å². The summed E-state index contributed by atoms with van der Waals surface area (Å²) in [6.07, 6.45) is 1.89. The van der Waals surface area contributed by atoms with E-state index >= 15 is 0 Å². The second kappa shape index (κ2) is 8.16. The molecule has 1 unspecified atom stereocenters. The molecule has 0 N–H and O–H groups in total. The summed E-state index contributed by atoms with van der Waals surface area (Å²) in [6.45, 7) is 0. The Morgan fingerprint density at radius 1 is 0.903 bits per heavy atom. The van der Waals surface area contributed by atoms with E-state index in [1.54, 1.807) is 11.7 Å². The standard InChI is InChI=1S/C25H19N3O2S/c1-30-20-14-12-17(13-15-20)16-21-24(29)28-23(19-10-6-3-7-11-19)22(26-27-25(28)31-21)18-8-4-2-5-9-18/h2-16,23H,1H3/b21-16+. The van der Waals surface area contributed by atoms with E-state index in [1.165, 1.54) is 11.3 Å². The highest BCUT2D eigenvalue weighted by atomic mass is 32.1. The maximum absolute atomic E-state index is 13.5. The third-order valence-corrected chi connectivity index (χ3v) is 6.17. The quantitative estimate of drug-likeness (QED) is 0.503. The third-order valence-electron chi connectivity index (χ3n) is 5.20. The molecule has 6 heteroatoms. The number of methoxy groups -OCH3 is 1. The Balaban J connectivity index is 1.68. The van der Waals surface area contributed by atoms with Crippen molar-refractivity contribution >= 4 is 23.1 Å². The van der Waals surface area contributed by atoms with E-state index in [4.69, 9.17) is 4.74 Å².